The molecule has 1 aromatic rings. The van der Waals surface area contributed by atoms with E-state index < -0.39 is 23.1 Å². The summed E-state index contributed by atoms with van der Waals surface area (Å²) in [6.45, 7) is 0.656. The maximum absolute atomic E-state index is 13.8. The molecule has 0 saturated heterocycles. The first-order valence-corrected chi connectivity index (χ1v) is 9.77. The highest BCUT2D eigenvalue weighted by Crippen LogP contribution is 2.36. The van der Waals surface area contributed by atoms with Gasteiger partial charge in [-0.2, -0.15) is 5.10 Å². The molecule has 0 aliphatic heterocycles. The molecule has 2 aliphatic rings. The second-order valence-corrected chi connectivity index (χ2v) is 7.62. The highest BCUT2D eigenvalue weighted by Gasteiger charge is 2.37. The van der Waals surface area contributed by atoms with Crippen molar-refractivity contribution in [2.75, 3.05) is 6.61 Å². The van der Waals surface area contributed by atoms with Crippen LogP contribution in [0.2, 0.25) is 0 Å². The van der Waals surface area contributed by atoms with Gasteiger partial charge >= 0.3 is 0 Å². The van der Waals surface area contributed by atoms with Crippen molar-refractivity contribution >= 4 is 5.91 Å². The summed E-state index contributed by atoms with van der Waals surface area (Å²) in [6, 6.07) is -0.480. The molecule has 1 atom stereocenters. The summed E-state index contributed by atoms with van der Waals surface area (Å²) in [6.07, 6.45) is 8.69. The van der Waals surface area contributed by atoms with Crippen LogP contribution in [-0.4, -0.2) is 28.8 Å². The number of carbonyl (C=O) groups is 1. The third-order valence-corrected chi connectivity index (χ3v) is 5.41. The fraction of sp³-hybridized carbons (Fsp3) is 0.737. The van der Waals surface area contributed by atoms with E-state index in [1.165, 1.54) is 19.3 Å². The first-order chi connectivity index (χ1) is 12.9. The molecule has 0 spiro atoms. The molecule has 1 amide bonds. The van der Waals surface area contributed by atoms with Crippen LogP contribution in [0, 0.1) is 0 Å². The summed E-state index contributed by atoms with van der Waals surface area (Å²) >= 11 is 0. The lowest BCUT2D eigenvalue weighted by Gasteiger charge is -2.21. The topological polar surface area (TPSA) is 84.1 Å². The summed E-state index contributed by atoms with van der Waals surface area (Å²) in [7, 11) is 0. The number of alkyl halides is 2. The second-order valence-electron chi connectivity index (χ2n) is 7.62. The molecule has 2 aliphatic carbocycles. The van der Waals surface area contributed by atoms with E-state index in [2.05, 4.69) is 15.5 Å². The van der Waals surface area contributed by atoms with Gasteiger partial charge in [0.05, 0.1) is 23.4 Å². The molecule has 27 heavy (non-hydrogen) atoms. The van der Waals surface area contributed by atoms with E-state index in [4.69, 9.17) is 4.74 Å². The molecule has 3 rings (SSSR count). The molecule has 1 aromatic heterocycles. The van der Waals surface area contributed by atoms with E-state index in [1.807, 2.05) is 0 Å². The minimum Gasteiger partial charge on any atom is -0.368 e. The van der Waals surface area contributed by atoms with Crippen molar-refractivity contribution in [2.45, 2.75) is 82.8 Å². The van der Waals surface area contributed by atoms with Crippen molar-refractivity contribution < 1.29 is 18.3 Å². The predicted molar refractivity (Wildman–Crippen MR) is 95.7 cm³/mol. The average molecular weight is 383 g/mol. The molecule has 1 heterocycles. The number of aromatic amines is 1. The SMILES string of the molecule is CC(F)(F)c1c2c(n[nH]c1=O)C(NC(=O)COC1CCCCCCC1)CC2. The number of amides is 1. The quantitative estimate of drug-likeness (QED) is 0.818. The Morgan fingerprint density at radius 2 is 1.89 bits per heavy atom. The Morgan fingerprint density at radius 3 is 2.56 bits per heavy atom. The van der Waals surface area contributed by atoms with E-state index in [9.17, 15) is 18.4 Å². The molecular weight excluding hydrogens is 356 g/mol. The first kappa shape index (κ1) is 19.9. The number of rotatable bonds is 5. The number of fused-ring (bicyclic) bond motifs is 1. The molecule has 2 N–H and O–H groups in total. The lowest BCUT2D eigenvalue weighted by atomic mass is 9.99. The van der Waals surface area contributed by atoms with Crippen LogP contribution in [0.4, 0.5) is 8.78 Å². The average Bonchev–Trinajstić information content (AvgIpc) is 2.95. The third-order valence-electron chi connectivity index (χ3n) is 5.41. The first-order valence-electron chi connectivity index (χ1n) is 9.77. The third kappa shape index (κ3) is 4.91. The fourth-order valence-electron chi connectivity index (χ4n) is 4.09. The van der Waals surface area contributed by atoms with Gasteiger partial charge in [-0.3, -0.25) is 9.59 Å². The second kappa shape index (κ2) is 8.46. The minimum atomic E-state index is -3.25. The van der Waals surface area contributed by atoms with Crippen LogP contribution in [0.25, 0.3) is 0 Å². The van der Waals surface area contributed by atoms with Crippen molar-refractivity contribution in [3.8, 4) is 0 Å². The van der Waals surface area contributed by atoms with Crippen LogP contribution in [0.15, 0.2) is 4.79 Å². The molecule has 0 bridgehead atoms. The van der Waals surface area contributed by atoms with Crippen molar-refractivity contribution in [1.29, 1.82) is 0 Å². The van der Waals surface area contributed by atoms with Crippen molar-refractivity contribution in [3.63, 3.8) is 0 Å². The van der Waals surface area contributed by atoms with Crippen LogP contribution in [0.1, 0.15) is 81.2 Å². The largest absolute Gasteiger partial charge is 0.368 e. The van der Waals surface area contributed by atoms with Gasteiger partial charge in [-0.25, -0.2) is 13.9 Å². The van der Waals surface area contributed by atoms with Crippen molar-refractivity contribution in [1.82, 2.24) is 15.5 Å². The number of hydrogen-bond acceptors (Lipinski definition) is 4. The van der Waals surface area contributed by atoms with Crippen molar-refractivity contribution in [2.24, 2.45) is 0 Å². The number of aromatic nitrogens is 2. The van der Waals surface area contributed by atoms with Crippen molar-refractivity contribution in [3.05, 3.63) is 27.2 Å². The van der Waals surface area contributed by atoms with Crippen LogP contribution < -0.4 is 10.9 Å². The zero-order valence-corrected chi connectivity index (χ0v) is 15.7. The predicted octanol–water partition coefficient (Wildman–Crippen LogP) is 3.11. The molecule has 1 saturated carbocycles. The highest BCUT2D eigenvalue weighted by atomic mass is 19.3. The zero-order valence-electron chi connectivity index (χ0n) is 15.7. The Balaban J connectivity index is 1.60. The maximum Gasteiger partial charge on any atom is 0.276 e. The number of nitrogens with zero attached hydrogens (tertiary/aromatic N) is 1. The maximum atomic E-state index is 13.8. The number of ether oxygens (including phenoxy) is 1. The van der Waals surface area contributed by atoms with Gasteiger partial charge in [0, 0.05) is 6.92 Å². The fourth-order valence-corrected chi connectivity index (χ4v) is 4.09. The molecule has 6 nitrogen and oxygen atoms in total. The Kier molecular flexibility index (Phi) is 6.24. The van der Waals surface area contributed by atoms with E-state index >= 15 is 0 Å². The standard InChI is InChI=1S/C19H27F2N3O3/c1-19(20,21)16-13-9-10-14(17(13)23-24-18(16)26)22-15(25)11-27-12-7-5-3-2-4-6-8-12/h12,14H,2-11H2,1H3,(H,22,25)(H,24,26). The summed E-state index contributed by atoms with van der Waals surface area (Å²) in [5.41, 5.74) is -0.848. The van der Waals surface area contributed by atoms with E-state index in [1.54, 1.807) is 0 Å². The van der Waals surface area contributed by atoms with Gasteiger partial charge in [-0.05, 0) is 31.2 Å². The molecule has 8 heteroatoms. The number of hydrogen-bond donors (Lipinski definition) is 2. The Hall–Kier alpha value is -1.83. The van der Waals surface area contributed by atoms with Gasteiger partial charge in [-0.1, -0.05) is 32.1 Å². The monoisotopic (exact) mass is 383 g/mol. The highest BCUT2D eigenvalue weighted by molar-refractivity contribution is 5.77. The summed E-state index contributed by atoms with van der Waals surface area (Å²) in [5, 5.41) is 8.86. The Morgan fingerprint density at radius 1 is 1.22 bits per heavy atom. The number of carbonyl (C=O) groups excluding carboxylic acids is 1. The lowest BCUT2D eigenvalue weighted by molar-refractivity contribution is -0.128. The smallest absolute Gasteiger partial charge is 0.276 e. The van der Waals surface area contributed by atoms with Gasteiger partial charge in [0.1, 0.15) is 6.61 Å². The van der Waals surface area contributed by atoms with E-state index in [0.717, 1.165) is 25.7 Å². The van der Waals surface area contributed by atoms with Gasteiger partial charge in [-0.15, -0.1) is 0 Å². The molecule has 0 radical (unpaired) electrons. The number of H-pyrrole nitrogens is 1. The van der Waals surface area contributed by atoms with Crippen LogP contribution in [0.5, 0.6) is 0 Å². The van der Waals surface area contributed by atoms with Crippen LogP contribution in [0.3, 0.4) is 0 Å². The summed E-state index contributed by atoms with van der Waals surface area (Å²) in [5.74, 6) is -3.53. The zero-order chi connectivity index (χ0) is 19.4. The van der Waals surface area contributed by atoms with Gasteiger partial charge in [0.2, 0.25) is 5.91 Å². The molecular formula is C19H27F2N3O3. The molecule has 150 valence electrons. The van der Waals surface area contributed by atoms with Gasteiger partial charge < -0.3 is 10.1 Å². The Labute approximate surface area is 157 Å². The normalized spacial score (nSPS) is 21.4. The number of halogens is 2. The molecule has 1 unspecified atom stereocenters. The summed E-state index contributed by atoms with van der Waals surface area (Å²) < 4.78 is 33.4. The van der Waals surface area contributed by atoms with Gasteiger partial charge in [0.15, 0.2) is 0 Å². The van der Waals surface area contributed by atoms with Crippen LogP contribution >= 0.6 is 0 Å². The molecule has 0 aromatic carbocycles. The Bertz CT molecular complexity index is 722. The van der Waals surface area contributed by atoms with E-state index in [-0.39, 0.29) is 24.2 Å². The lowest BCUT2D eigenvalue weighted by Crippen LogP contribution is -2.33. The van der Waals surface area contributed by atoms with E-state index in [0.29, 0.717) is 25.5 Å². The minimum absolute atomic E-state index is 0.0450. The molecule has 1 fully saturated rings. The number of nitrogens with one attached hydrogen (secondary N) is 2. The van der Waals surface area contributed by atoms with Gasteiger partial charge in [0.25, 0.3) is 11.5 Å². The van der Waals surface area contributed by atoms with Crippen LogP contribution in [-0.2, 0) is 21.9 Å². The summed E-state index contributed by atoms with van der Waals surface area (Å²) in [4.78, 5) is 24.0.